The summed E-state index contributed by atoms with van der Waals surface area (Å²) in [5, 5.41) is 4.72. The minimum Gasteiger partial charge on any atom is -0.399 e. The lowest BCUT2D eigenvalue weighted by Gasteiger charge is -2.00. The van der Waals surface area contributed by atoms with Gasteiger partial charge < -0.3 is 10.3 Å². The molecule has 3 rings (SSSR count). The van der Waals surface area contributed by atoms with Crippen LogP contribution in [0.4, 0.5) is 5.69 Å². The molecule has 0 unspecified atom stereocenters. The van der Waals surface area contributed by atoms with Crippen LogP contribution in [0.25, 0.3) is 11.5 Å². The molecule has 0 saturated heterocycles. The lowest BCUT2D eigenvalue weighted by atomic mass is 10.1. The number of halogens is 1. The van der Waals surface area contributed by atoms with E-state index in [1.807, 2.05) is 49.4 Å². The van der Waals surface area contributed by atoms with Crippen molar-refractivity contribution in [1.82, 2.24) is 10.1 Å². The number of benzene rings is 2. The Balaban J connectivity index is 1.82. The van der Waals surface area contributed by atoms with Crippen LogP contribution in [0.3, 0.4) is 0 Å². The molecule has 1 aromatic heterocycles. The largest absolute Gasteiger partial charge is 0.399 e. The van der Waals surface area contributed by atoms with E-state index in [0.717, 1.165) is 22.4 Å². The molecule has 1 heterocycles. The number of hydrogen-bond donors (Lipinski definition) is 1. The topological polar surface area (TPSA) is 64.9 Å². The predicted octanol–water partition coefficient (Wildman–Crippen LogP) is 3.87. The van der Waals surface area contributed by atoms with Crippen LogP contribution < -0.4 is 5.73 Å². The summed E-state index contributed by atoms with van der Waals surface area (Å²) in [7, 11) is 0. The van der Waals surface area contributed by atoms with Gasteiger partial charge in [0.25, 0.3) is 5.89 Å². The molecule has 0 amide bonds. The first-order valence-electron chi connectivity index (χ1n) is 6.55. The normalized spacial score (nSPS) is 10.8. The summed E-state index contributed by atoms with van der Waals surface area (Å²) in [6, 6.07) is 13.3. The zero-order valence-corrected chi connectivity index (χ0v) is 12.3. The molecule has 106 valence electrons. The molecule has 0 fully saturated rings. The average molecular weight is 300 g/mol. The van der Waals surface area contributed by atoms with Gasteiger partial charge in [-0.15, -0.1) is 0 Å². The fraction of sp³-hybridized carbons (Fsp3) is 0.125. The molecule has 0 aliphatic carbocycles. The predicted molar refractivity (Wildman–Crippen MR) is 83.1 cm³/mol. The van der Waals surface area contributed by atoms with Crippen molar-refractivity contribution < 1.29 is 4.52 Å². The first-order chi connectivity index (χ1) is 10.1. The first kappa shape index (κ1) is 13.6. The van der Waals surface area contributed by atoms with Gasteiger partial charge in [0, 0.05) is 22.7 Å². The van der Waals surface area contributed by atoms with Gasteiger partial charge in [-0.25, -0.2) is 0 Å². The molecule has 0 aliphatic heterocycles. The van der Waals surface area contributed by atoms with Gasteiger partial charge >= 0.3 is 0 Å². The van der Waals surface area contributed by atoms with Gasteiger partial charge in [-0.3, -0.25) is 0 Å². The number of nitrogens with two attached hydrogens (primary N) is 1. The molecule has 3 aromatic rings. The Morgan fingerprint density at radius 1 is 1.14 bits per heavy atom. The smallest absolute Gasteiger partial charge is 0.257 e. The zero-order chi connectivity index (χ0) is 14.8. The summed E-state index contributed by atoms with van der Waals surface area (Å²) >= 11 is 5.87. The molecular formula is C16H14ClN3O. The van der Waals surface area contributed by atoms with E-state index in [4.69, 9.17) is 21.9 Å². The molecular weight excluding hydrogens is 286 g/mol. The van der Waals surface area contributed by atoms with Crippen LogP contribution >= 0.6 is 11.6 Å². The Kier molecular flexibility index (Phi) is 3.62. The van der Waals surface area contributed by atoms with Crippen LogP contribution in [0.2, 0.25) is 5.02 Å². The first-order valence-corrected chi connectivity index (χ1v) is 6.93. The Labute approximate surface area is 127 Å². The maximum Gasteiger partial charge on any atom is 0.257 e. The van der Waals surface area contributed by atoms with Crippen LogP contribution in [-0.4, -0.2) is 10.1 Å². The van der Waals surface area contributed by atoms with Gasteiger partial charge in [-0.1, -0.05) is 28.9 Å². The Morgan fingerprint density at radius 3 is 2.62 bits per heavy atom. The number of nitrogen functional groups attached to an aromatic ring is 1. The van der Waals surface area contributed by atoms with Crippen molar-refractivity contribution in [2.45, 2.75) is 13.3 Å². The van der Waals surface area contributed by atoms with E-state index >= 15 is 0 Å². The van der Waals surface area contributed by atoms with Crippen LogP contribution in [0, 0.1) is 6.92 Å². The highest BCUT2D eigenvalue weighted by molar-refractivity contribution is 6.30. The lowest BCUT2D eigenvalue weighted by Crippen LogP contribution is -1.91. The van der Waals surface area contributed by atoms with E-state index in [9.17, 15) is 0 Å². The number of anilines is 1. The van der Waals surface area contributed by atoms with Crippen molar-refractivity contribution >= 4 is 17.3 Å². The lowest BCUT2D eigenvalue weighted by molar-refractivity contribution is 0.424. The van der Waals surface area contributed by atoms with Gasteiger partial charge in [0.05, 0.1) is 0 Å². The summed E-state index contributed by atoms with van der Waals surface area (Å²) in [6.07, 6.45) is 0.606. The Hall–Kier alpha value is -2.33. The molecule has 4 nitrogen and oxygen atoms in total. The second kappa shape index (κ2) is 5.58. The molecule has 21 heavy (non-hydrogen) atoms. The standard InChI is InChI=1S/C16H14ClN3O/c1-10-8-12(4-7-14(10)18)16-19-15(20-21-16)9-11-2-5-13(17)6-3-11/h2-8H,9,18H2,1H3. The van der Waals surface area contributed by atoms with Crippen molar-refractivity contribution in [2.24, 2.45) is 0 Å². The fourth-order valence-electron chi connectivity index (χ4n) is 2.04. The SMILES string of the molecule is Cc1cc(-c2nc(Cc3ccc(Cl)cc3)no2)ccc1N. The third-order valence-corrected chi connectivity index (χ3v) is 3.51. The quantitative estimate of drug-likeness (QED) is 0.746. The van der Waals surface area contributed by atoms with Gasteiger partial charge in [0.2, 0.25) is 0 Å². The van der Waals surface area contributed by atoms with E-state index in [-0.39, 0.29) is 0 Å². The van der Waals surface area contributed by atoms with Crippen molar-refractivity contribution in [2.75, 3.05) is 5.73 Å². The Bertz CT molecular complexity index is 765. The van der Waals surface area contributed by atoms with E-state index < -0.39 is 0 Å². The maximum absolute atomic E-state index is 5.87. The second-order valence-electron chi connectivity index (χ2n) is 4.89. The van der Waals surface area contributed by atoms with E-state index in [0.29, 0.717) is 23.2 Å². The van der Waals surface area contributed by atoms with Crippen LogP contribution in [0.5, 0.6) is 0 Å². The third-order valence-electron chi connectivity index (χ3n) is 3.26. The summed E-state index contributed by atoms with van der Waals surface area (Å²) in [4.78, 5) is 4.42. The summed E-state index contributed by atoms with van der Waals surface area (Å²) in [6.45, 7) is 1.95. The maximum atomic E-state index is 5.87. The molecule has 0 radical (unpaired) electrons. The highest BCUT2D eigenvalue weighted by Gasteiger charge is 2.10. The average Bonchev–Trinajstić information content (AvgIpc) is 2.93. The van der Waals surface area contributed by atoms with Gasteiger partial charge in [-0.05, 0) is 48.4 Å². The molecule has 0 atom stereocenters. The Morgan fingerprint density at radius 2 is 1.90 bits per heavy atom. The van der Waals surface area contributed by atoms with Crippen molar-refractivity contribution in [3.8, 4) is 11.5 Å². The molecule has 2 N–H and O–H groups in total. The highest BCUT2D eigenvalue weighted by Crippen LogP contribution is 2.22. The number of aromatic nitrogens is 2. The highest BCUT2D eigenvalue weighted by atomic mass is 35.5. The molecule has 5 heteroatoms. The van der Waals surface area contributed by atoms with E-state index in [1.165, 1.54) is 0 Å². The minimum absolute atomic E-state index is 0.502. The zero-order valence-electron chi connectivity index (χ0n) is 11.5. The molecule has 2 aromatic carbocycles. The number of nitrogens with zero attached hydrogens (tertiary/aromatic N) is 2. The molecule has 0 saturated carbocycles. The van der Waals surface area contributed by atoms with Crippen LogP contribution in [-0.2, 0) is 6.42 Å². The van der Waals surface area contributed by atoms with Gasteiger partial charge in [-0.2, -0.15) is 4.98 Å². The minimum atomic E-state index is 0.502. The summed E-state index contributed by atoms with van der Waals surface area (Å²) in [5.74, 6) is 1.14. The van der Waals surface area contributed by atoms with E-state index in [1.54, 1.807) is 0 Å². The van der Waals surface area contributed by atoms with Crippen molar-refractivity contribution in [3.63, 3.8) is 0 Å². The second-order valence-corrected chi connectivity index (χ2v) is 5.33. The fourth-order valence-corrected chi connectivity index (χ4v) is 2.16. The summed E-state index contributed by atoms with van der Waals surface area (Å²) < 4.78 is 5.31. The van der Waals surface area contributed by atoms with Crippen molar-refractivity contribution in [3.05, 3.63) is 64.4 Å². The van der Waals surface area contributed by atoms with Gasteiger partial charge in [0.15, 0.2) is 5.82 Å². The molecule has 0 aliphatic rings. The third kappa shape index (κ3) is 3.06. The van der Waals surface area contributed by atoms with Gasteiger partial charge in [0.1, 0.15) is 0 Å². The molecule has 0 bridgehead atoms. The summed E-state index contributed by atoms with van der Waals surface area (Å²) in [5.41, 5.74) is 9.50. The van der Waals surface area contributed by atoms with Crippen LogP contribution in [0.15, 0.2) is 47.0 Å². The van der Waals surface area contributed by atoms with Crippen molar-refractivity contribution in [1.29, 1.82) is 0 Å². The number of aryl methyl sites for hydroxylation is 1. The number of hydrogen-bond acceptors (Lipinski definition) is 4. The monoisotopic (exact) mass is 299 g/mol. The molecule has 0 spiro atoms. The number of rotatable bonds is 3. The van der Waals surface area contributed by atoms with Crippen LogP contribution in [0.1, 0.15) is 17.0 Å². The van der Waals surface area contributed by atoms with E-state index in [2.05, 4.69) is 10.1 Å².